The number of ether oxygens (including phenoxy) is 1. The average molecular weight is 339 g/mol. The van der Waals surface area contributed by atoms with Crippen LogP contribution in [-0.4, -0.2) is 22.2 Å². The second-order valence-corrected chi connectivity index (χ2v) is 6.46. The lowest BCUT2D eigenvalue weighted by Crippen LogP contribution is -2.10. The molecule has 4 rings (SSSR count). The third-order valence-electron chi connectivity index (χ3n) is 4.41. The van der Waals surface area contributed by atoms with Crippen LogP contribution in [0.2, 0.25) is 0 Å². The number of hydrogen-bond donors (Lipinski definition) is 2. The van der Waals surface area contributed by atoms with Crippen LogP contribution in [0.3, 0.4) is 0 Å². The molecule has 0 saturated carbocycles. The molecule has 1 aromatic carbocycles. The van der Waals surface area contributed by atoms with Crippen LogP contribution in [0.25, 0.3) is 22.3 Å². The van der Waals surface area contributed by atoms with E-state index in [1.54, 1.807) is 13.0 Å². The van der Waals surface area contributed by atoms with Gasteiger partial charge in [-0.2, -0.15) is 0 Å². The summed E-state index contributed by atoms with van der Waals surface area (Å²) in [5, 5.41) is 9.58. The maximum absolute atomic E-state index is 12.3. The Morgan fingerprint density at radius 2 is 2.16 bits per heavy atom. The Morgan fingerprint density at radius 1 is 1.36 bits per heavy atom. The molecule has 2 N–H and O–H groups in total. The molecule has 1 atom stereocenters. The third kappa shape index (κ3) is 2.59. The highest BCUT2D eigenvalue weighted by molar-refractivity contribution is 5.91. The van der Waals surface area contributed by atoms with Crippen LogP contribution in [-0.2, 0) is 17.6 Å². The van der Waals surface area contributed by atoms with Crippen LogP contribution in [0.4, 0.5) is 0 Å². The molecule has 25 heavy (non-hydrogen) atoms. The molecule has 0 spiro atoms. The second-order valence-electron chi connectivity index (χ2n) is 6.46. The molecule has 2 aromatic heterocycles. The number of fused-ring (bicyclic) bond motifs is 2. The summed E-state index contributed by atoms with van der Waals surface area (Å²) in [4.78, 5) is 26.4. The minimum absolute atomic E-state index is 0.116. The van der Waals surface area contributed by atoms with E-state index < -0.39 is 5.97 Å². The van der Waals surface area contributed by atoms with Crippen molar-refractivity contribution in [3.8, 4) is 17.1 Å². The monoisotopic (exact) mass is 339 g/mol. The van der Waals surface area contributed by atoms with Gasteiger partial charge < -0.3 is 19.2 Å². The Kier molecular flexibility index (Phi) is 3.42. The number of aryl methyl sites for hydroxylation is 1. The number of pyridine rings is 1. The van der Waals surface area contributed by atoms with E-state index in [4.69, 9.17) is 9.15 Å². The number of hydrogen-bond acceptors (Lipinski definition) is 4. The number of carbonyl (C=O) groups is 1. The molecular formula is C19H17NO5. The zero-order chi connectivity index (χ0) is 17.7. The summed E-state index contributed by atoms with van der Waals surface area (Å²) in [5.74, 6) is 0.249. The van der Waals surface area contributed by atoms with Crippen LogP contribution < -0.4 is 10.3 Å². The molecule has 6 nitrogen and oxygen atoms in total. The van der Waals surface area contributed by atoms with Crippen molar-refractivity contribution in [2.75, 3.05) is 0 Å². The van der Waals surface area contributed by atoms with Gasteiger partial charge in [0.1, 0.15) is 23.2 Å². The molecule has 0 aliphatic carbocycles. The normalized spacial score (nSPS) is 16.0. The van der Waals surface area contributed by atoms with E-state index in [2.05, 4.69) is 4.98 Å². The SMILES string of the molecule is Cc1cc2oc(-c3ccc4c(c3)C[C@@H](C)O4)c(CC(=O)O)c2c(=O)[nH]1. The fourth-order valence-electron chi connectivity index (χ4n) is 3.43. The molecule has 0 saturated heterocycles. The highest BCUT2D eigenvalue weighted by Crippen LogP contribution is 2.37. The summed E-state index contributed by atoms with van der Waals surface area (Å²) in [6.45, 7) is 3.76. The van der Waals surface area contributed by atoms with E-state index in [0.717, 1.165) is 23.3 Å². The number of aliphatic carboxylic acids is 1. The number of carboxylic acid groups (broad SMARTS) is 1. The zero-order valence-electron chi connectivity index (χ0n) is 13.9. The minimum atomic E-state index is -1.01. The molecular weight excluding hydrogens is 322 g/mol. The highest BCUT2D eigenvalue weighted by Gasteiger charge is 2.24. The third-order valence-corrected chi connectivity index (χ3v) is 4.41. The van der Waals surface area contributed by atoms with Gasteiger partial charge >= 0.3 is 5.97 Å². The first kappa shape index (κ1) is 15.5. The number of furan rings is 1. The van der Waals surface area contributed by atoms with Crippen LogP contribution in [0.1, 0.15) is 23.7 Å². The number of rotatable bonds is 3. The molecule has 3 heterocycles. The van der Waals surface area contributed by atoms with E-state index >= 15 is 0 Å². The van der Waals surface area contributed by atoms with Gasteiger partial charge in [-0.25, -0.2) is 0 Å². The summed E-state index contributed by atoms with van der Waals surface area (Å²) in [6.07, 6.45) is 0.625. The standard InChI is InChI=1S/C19H17NO5/c1-9-5-15-17(19(23)20-9)13(8-16(21)22)18(25-15)11-3-4-14-12(7-11)6-10(2)24-14/h3-5,7,10H,6,8H2,1-2H3,(H,20,23)(H,21,22)/t10-/m1/s1. The lowest BCUT2D eigenvalue weighted by molar-refractivity contribution is -0.136. The van der Waals surface area contributed by atoms with E-state index in [9.17, 15) is 14.7 Å². The van der Waals surface area contributed by atoms with Gasteiger partial charge in [-0.1, -0.05) is 0 Å². The highest BCUT2D eigenvalue weighted by atomic mass is 16.5. The summed E-state index contributed by atoms with van der Waals surface area (Å²) in [7, 11) is 0. The smallest absolute Gasteiger partial charge is 0.307 e. The van der Waals surface area contributed by atoms with Gasteiger partial charge in [0.15, 0.2) is 0 Å². The van der Waals surface area contributed by atoms with Crippen LogP contribution in [0, 0.1) is 6.92 Å². The first-order valence-corrected chi connectivity index (χ1v) is 8.09. The summed E-state index contributed by atoms with van der Waals surface area (Å²) in [5.41, 5.74) is 2.93. The van der Waals surface area contributed by atoms with Crippen molar-refractivity contribution in [2.45, 2.75) is 32.8 Å². The first-order chi connectivity index (χ1) is 11.9. The predicted octanol–water partition coefficient (Wildman–Crippen LogP) is 3.05. The number of aromatic amines is 1. The largest absolute Gasteiger partial charge is 0.490 e. The molecule has 1 aliphatic heterocycles. The van der Waals surface area contributed by atoms with E-state index in [1.807, 2.05) is 25.1 Å². The Balaban J connectivity index is 1.95. The van der Waals surface area contributed by atoms with Crippen molar-refractivity contribution in [1.82, 2.24) is 4.98 Å². The quantitative estimate of drug-likeness (QED) is 0.765. The molecule has 0 radical (unpaired) electrons. The Hall–Kier alpha value is -3.02. The maximum Gasteiger partial charge on any atom is 0.307 e. The van der Waals surface area contributed by atoms with Crippen molar-refractivity contribution in [3.63, 3.8) is 0 Å². The molecule has 128 valence electrons. The van der Waals surface area contributed by atoms with Gasteiger partial charge in [0.2, 0.25) is 0 Å². The number of nitrogens with one attached hydrogen (secondary N) is 1. The van der Waals surface area contributed by atoms with Crippen molar-refractivity contribution in [1.29, 1.82) is 0 Å². The van der Waals surface area contributed by atoms with E-state index in [1.165, 1.54) is 0 Å². The van der Waals surface area contributed by atoms with E-state index in [0.29, 0.717) is 28.0 Å². The van der Waals surface area contributed by atoms with Gasteiger partial charge in [0.25, 0.3) is 5.56 Å². The molecule has 3 aromatic rings. The molecule has 0 bridgehead atoms. The van der Waals surface area contributed by atoms with Crippen LogP contribution >= 0.6 is 0 Å². The Labute approximate surface area is 143 Å². The molecule has 0 fully saturated rings. The number of aromatic nitrogens is 1. The number of benzene rings is 1. The topological polar surface area (TPSA) is 92.5 Å². The summed E-state index contributed by atoms with van der Waals surface area (Å²) >= 11 is 0. The maximum atomic E-state index is 12.3. The zero-order valence-corrected chi connectivity index (χ0v) is 13.9. The Bertz CT molecular complexity index is 1060. The lowest BCUT2D eigenvalue weighted by atomic mass is 10.0. The Morgan fingerprint density at radius 3 is 2.92 bits per heavy atom. The van der Waals surface area contributed by atoms with Gasteiger partial charge in [0.05, 0.1) is 11.8 Å². The number of H-pyrrole nitrogens is 1. The van der Waals surface area contributed by atoms with Crippen LogP contribution in [0.15, 0.2) is 33.5 Å². The summed E-state index contributed by atoms with van der Waals surface area (Å²) < 4.78 is 11.6. The van der Waals surface area contributed by atoms with Gasteiger partial charge in [-0.15, -0.1) is 0 Å². The van der Waals surface area contributed by atoms with Gasteiger partial charge in [-0.3, -0.25) is 9.59 Å². The molecule has 0 amide bonds. The number of carboxylic acids is 1. The van der Waals surface area contributed by atoms with Crippen molar-refractivity contribution >= 4 is 16.9 Å². The van der Waals surface area contributed by atoms with Crippen molar-refractivity contribution < 1.29 is 19.1 Å². The average Bonchev–Trinajstić information content (AvgIpc) is 3.05. The van der Waals surface area contributed by atoms with Crippen molar-refractivity contribution in [3.05, 3.63) is 51.4 Å². The van der Waals surface area contributed by atoms with Crippen LogP contribution in [0.5, 0.6) is 5.75 Å². The second kappa shape index (κ2) is 5.51. The fourth-order valence-corrected chi connectivity index (χ4v) is 3.43. The molecule has 6 heteroatoms. The molecule has 1 aliphatic rings. The summed E-state index contributed by atoms with van der Waals surface area (Å²) in [6, 6.07) is 7.36. The molecule has 0 unspecified atom stereocenters. The lowest BCUT2D eigenvalue weighted by Gasteiger charge is -2.04. The van der Waals surface area contributed by atoms with Crippen molar-refractivity contribution in [2.24, 2.45) is 0 Å². The van der Waals surface area contributed by atoms with Gasteiger partial charge in [0, 0.05) is 29.3 Å². The minimum Gasteiger partial charge on any atom is -0.490 e. The predicted molar refractivity (Wildman–Crippen MR) is 92.1 cm³/mol. The fraction of sp³-hybridized carbons (Fsp3) is 0.263. The first-order valence-electron chi connectivity index (χ1n) is 8.09. The van der Waals surface area contributed by atoms with Gasteiger partial charge in [-0.05, 0) is 37.6 Å². The van der Waals surface area contributed by atoms with E-state index in [-0.39, 0.29) is 18.1 Å².